The monoisotopic (exact) mass is 313 g/mol. The average Bonchev–Trinajstić information content (AvgIpc) is 2.51. The van der Waals surface area contributed by atoms with Crippen molar-refractivity contribution in [1.29, 1.82) is 0 Å². The van der Waals surface area contributed by atoms with Gasteiger partial charge in [-0.15, -0.1) is 0 Å². The first kappa shape index (κ1) is 17.2. The van der Waals surface area contributed by atoms with Crippen molar-refractivity contribution < 1.29 is 9.18 Å². The number of halogens is 1. The molecule has 0 atom stereocenters. The molecule has 0 aromatic heterocycles. The van der Waals surface area contributed by atoms with Crippen LogP contribution in [0.25, 0.3) is 0 Å². The lowest BCUT2D eigenvalue weighted by Gasteiger charge is -2.17. The van der Waals surface area contributed by atoms with Gasteiger partial charge in [0, 0.05) is 13.6 Å². The molecule has 0 saturated heterocycles. The minimum atomic E-state index is -0.260. The number of nitrogens with zero attached hydrogens (tertiary/aromatic N) is 1. The van der Waals surface area contributed by atoms with Gasteiger partial charge in [0.2, 0.25) is 5.91 Å². The Morgan fingerprint density at radius 1 is 0.957 bits per heavy atom. The number of amides is 1. The largest absolute Gasteiger partial charge is 0.341 e. The fourth-order valence-corrected chi connectivity index (χ4v) is 2.53. The highest BCUT2D eigenvalue weighted by atomic mass is 19.1. The van der Waals surface area contributed by atoms with Crippen LogP contribution in [0, 0.1) is 11.7 Å². The molecule has 0 heterocycles. The first-order valence-electron chi connectivity index (χ1n) is 8.00. The van der Waals surface area contributed by atoms with Crippen LogP contribution < -0.4 is 0 Å². The molecule has 122 valence electrons. The molecule has 0 saturated carbocycles. The molecule has 2 aromatic rings. The van der Waals surface area contributed by atoms with Crippen molar-refractivity contribution in [3.63, 3.8) is 0 Å². The van der Waals surface area contributed by atoms with Crippen LogP contribution in [0.4, 0.5) is 4.39 Å². The molecule has 0 spiro atoms. The highest BCUT2D eigenvalue weighted by molar-refractivity contribution is 5.78. The minimum absolute atomic E-state index is 0.0611. The van der Waals surface area contributed by atoms with Crippen molar-refractivity contribution in [2.24, 2.45) is 5.92 Å². The van der Waals surface area contributed by atoms with Gasteiger partial charge in [-0.2, -0.15) is 0 Å². The third-order valence-electron chi connectivity index (χ3n) is 3.78. The number of carbonyl (C=O) groups excluding carboxylic acids is 1. The second kappa shape index (κ2) is 7.91. The Hall–Kier alpha value is -2.16. The normalized spacial score (nSPS) is 10.8. The van der Waals surface area contributed by atoms with E-state index in [0.29, 0.717) is 18.9 Å². The molecule has 1 amide bonds. The molecule has 2 aromatic carbocycles. The Balaban J connectivity index is 1.91. The summed E-state index contributed by atoms with van der Waals surface area (Å²) >= 11 is 0. The highest BCUT2D eigenvalue weighted by Crippen LogP contribution is 2.12. The van der Waals surface area contributed by atoms with E-state index in [9.17, 15) is 9.18 Å². The fraction of sp³-hybridized carbons (Fsp3) is 0.350. The second-order valence-corrected chi connectivity index (χ2v) is 6.47. The first-order chi connectivity index (χ1) is 10.9. The van der Waals surface area contributed by atoms with Crippen molar-refractivity contribution >= 4 is 5.91 Å². The zero-order valence-electron chi connectivity index (χ0n) is 14.1. The summed E-state index contributed by atoms with van der Waals surface area (Å²) in [4.78, 5) is 14.0. The van der Waals surface area contributed by atoms with Crippen LogP contribution in [-0.2, 0) is 24.2 Å². The molecule has 0 N–H and O–H groups in total. The minimum Gasteiger partial charge on any atom is -0.341 e. The predicted molar refractivity (Wildman–Crippen MR) is 91.6 cm³/mol. The van der Waals surface area contributed by atoms with Gasteiger partial charge < -0.3 is 4.90 Å². The van der Waals surface area contributed by atoms with Gasteiger partial charge in [0.1, 0.15) is 5.82 Å². The molecule has 0 fully saturated rings. The maximum atomic E-state index is 12.9. The standard InChI is InChI=1S/C20H24FNO/c1-15(2)12-16-4-6-17(7-5-16)13-20(23)22(3)14-18-8-10-19(21)11-9-18/h4-11,15H,12-14H2,1-3H3. The van der Waals surface area contributed by atoms with E-state index in [1.54, 1.807) is 24.1 Å². The van der Waals surface area contributed by atoms with E-state index in [0.717, 1.165) is 17.5 Å². The lowest BCUT2D eigenvalue weighted by atomic mass is 10.0. The van der Waals surface area contributed by atoms with Crippen LogP contribution in [-0.4, -0.2) is 17.9 Å². The van der Waals surface area contributed by atoms with E-state index < -0.39 is 0 Å². The molecular formula is C20H24FNO. The van der Waals surface area contributed by atoms with Crippen molar-refractivity contribution in [2.75, 3.05) is 7.05 Å². The van der Waals surface area contributed by atoms with E-state index in [1.165, 1.54) is 17.7 Å². The van der Waals surface area contributed by atoms with Crippen molar-refractivity contribution in [3.05, 3.63) is 71.0 Å². The molecule has 0 unspecified atom stereocenters. The number of benzene rings is 2. The summed E-state index contributed by atoms with van der Waals surface area (Å²) in [6, 6.07) is 14.5. The molecule has 0 aliphatic heterocycles. The smallest absolute Gasteiger partial charge is 0.227 e. The van der Waals surface area contributed by atoms with Gasteiger partial charge in [-0.25, -0.2) is 4.39 Å². The summed E-state index contributed by atoms with van der Waals surface area (Å²) in [7, 11) is 1.78. The van der Waals surface area contributed by atoms with E-state index in [1.807, 2.05) is 12.1 Å². The predicted octanol–water partition coefficient (Wildman–Crippen LogP) is 4.23. The molecule has 3 heteroatoms. The molecule has 23 heavy (non-hydrogen) atoms. The number of hydrogen-bond acceptors (Lipinski definition) is 1. The van der Waals surface area contributed by atoms with Gasteiger partial charge in [0.25, 0.3) is 0 Å². The summed E-state index contributed by atoms with van der Waals surface area (Å²) in [6.07, 6.45) is 1.44. The highest BCUT2D eigenvalue weighted by Gasteiger charge is 2.10. The van der Waals surface area contributed by atoms with Gasteiger partial charge in [-0.3, -0.25) is 4.79 Å². The summed E-state index contributed by atoms with van der Waals surface area (Å²) in [6.45, 7) is 4.88. The van der Waals surface area contributed by atoms with Gasteiger partial charge in [0.15, 0.2) is 0 Å². The molecule has 2 rings (SSSR count). The van der Waals surface area contributed by atoms with Crippen LogP contribution in [0.2, 0.25) is 0 Å². The molecule has 0 radical (unpaired) electrons. The lowest BCUT2D eigenvalue weighted by molar-refractivity contribution is -0.129. The molecule has 0 aliphatic carbocycles. The molecule has 2 nitrogen and oxygen atoms in total. The van der Waals surface area contributed by atoms with Crippen LogP contribution in [0.3, 0.4) is 0 Å². The Labute approximate surface area is 137 Å². The third kappa shape index (κ3) is 5.51. The van der Waals surface area contributed by atoms with Gasteiger partial charge in [-0.05, 0) is 41.2 Å². The lowest BCUT2D eigenvalue weighted by Crippen LogP contribution is -2.27. The van der Waals surface area contributed by atoms with E-state index in [2.05, 4.69) is 26.0 Å². The van der Waals surface area contributed by atoms with E-state index >= 15 is 0 Å². The third-order valence-corrected chi connectivity index (χ3v) is 3.78. The fourth-order valence-electron chi connectivity index (χ4n) is 2.53. The molecule has 0 bridgehead atoms. The number of rotatable bonds is 6. The van der Waals surface area contributed by atoms with Crippen molar-refractivity contribution in [3.8, 4) is 0 Å². The Kier molecular flexibility index (Phi) is 5.91. The van der Waals surface area contributed by atoms with E-state index in [-0.39, 0.29) is 11.7 Å². The maximum Gasteiger partial charge on any atom is 0.227 e. The van der Waals surface area contributed by atoms with Gasteiger partial charge in [0.05, 0.1) is 6.42 Å². The zero-order chi connectivity index (χ0) is 16.8. The van der Waals surface area contributed by atoms with Crippen LogP contribution in [0.15, 0.2) is 48.5 Å². The topological polar surface area (TPSA) is 20.3 Å². The summed E-state index contributed by atoms with van der Waals surface area (Å²) in [5.41, 5.74) is 3.25. The van der Waals surface area contributed by atoms with Crippen LogP contribution >= 0.6 is 0 Å². The number of carbonyl (C=O) groups is 1. The quantitative estimate of drug-likeness (QED) is 0.781. The Morgan fingerprint density at radius 2 is 1.48 bits per heavy atom. The summed E-state index contributed by atoms with van der Waals surface area (Å²) in [5.74, 6) is 0.430. The SMILES string of the molecule is CC(C)Cc1ccc(CC(=O)N(C)Cc2ccc(F)cc2)cc1. The molecule has 0 aliphatic rings. The Bertz CT molecular complexity index is 632. The zero-order valence-corrected chi connectivity index (χ0v) is 14.1. The average molecular weight is 313 g/mol. The van der Waals surface area contributed by atoms with E-state index in [4.69, 9.17) is 0 Å². The van der Waals surface area contributed by atoms with Crippen molar-refractivity contribution in [2.45, 2.75) is 33.2 Å². The molecular weight excluding hydrogens is 289 g/mol. The van der Waals surface area contributed by atoms with Crippen molar-refractivity contribution in [1.82, 2.24) is 4.90 Å². The van der Waals surface area contributed by atoms with Gasteiger partial charge in [-0.1, -0.05) is 50.2 Å². The number of likely N-dealkylation sites (N-methyl/N-ethyl adjacent to an activating group) is 1. The summed E-state index contributed by atoms with van der Waals surface area (Å²) in [5, 5.41) is 0. The van der Waals surface area contributed by atoms with Crippen LogP contribution in [0.1, 0.15) is 30.5 Å². The van der Waals surface area contributed by atoms with Gasteiger partial charge >= 0.3 is 0 Å². The maximum absolute atomic E-state index is 12.9. The second-order valence-electron chi connectivity index (χ2n) is 6.47. The first-order valence-corrected chi connectivity index (χ1v) is 8.00. The summed E-state index contributed by atoms with van der Waals surface area (Å²) < 4.78 is 12.9. The Morgan fingerprint density at radius 3 is 2.04 bits per heavy atom. The van der Waals surface area contributed by atoms with Crippen LogP contribution in [0.5, 0.6) is 0 Å². The number of hydrogen-bond donors (Lipinski definition) is 0.